The Morgan fingerprint density at radius 3 is 1.32 bits per heavy atom. The van der Waals surface area contributed by atoms with Crippen LogP contribution in [0, 0.1) is 0 Å². The zero-order chi connectivity index (χ0) is 50.3. The van der Waals surface area contributed by atoms with Gasteiger partial charge in [-0.3, -0.25) is 4.57 Å². The van der Waals surface area contributed by atoms with Gasteiger partial charge in [-0.1, -0.05) is 127 Å². The molecule has 0 aliphatic carbocycles. The number of para-hydroxylation sites is 5. The molecule has 0 saturated carbocycles. The van der Waals surface area contributed by atoms with Gasteiger partial charge in [0.25, 0.3) is 0 Å². The molecule has 0 atom stereocenters. The zero-order valence-corrected chi connectivity index (χ0v) is 41.4. The smallest absolute Gasteiger partial charge is 0.138 e. The van der Waals surface area contributed by atoms with Crippen LogP contribution in [-0.2, 0) is 0 Å². The van der Waals surface area contributed by atoms with Crippen LogP contribution in [0.15, 0.2) is 264 Å². The lowest BCUT2D eigenvalue weighted by atomic mass is 9.99. The van der Waals surface area contributed by atoms with Crippen LogP contribution in [-0.4, -0.2) is 18.7 Å². The van der Waals surface area contributed by atoms with Gasteiger partial charge in [-0.15, -0.1) is 0 Å². The maximum atomic E-state index is 6.52. The van der Waals surface area contributed by atoms with Gasteiger partial charge in [-0.2, -0.15) is 0 Å². The zero-order valence-electron chi connectivity index (χ0n) is 41.4. The second kappa shape index (κ2) is 16.0. The molecular formula is C71H42N4O2. The van der Waals surface area contributed by atoms with Crippen molar-refractivity contribution in [1.29, 1.82) is 0 Å². The van der Waals surface area contributed by atoms with Crippen LogP contribution in [0.3, 0.4) is 0 Å². The summed E-state index contributed by atoms with van der Waals surface area (Å²) in [5.74, 6) is 0.866. The Bertz CT molecular complexity index is 5300. The highest BCUT2D eigenvalue weighted by molar-refractivity contribution is 6.19. The molecule has 0 N–H and O–H groups in total. The van der Waals surface area contributed by atoms with Crippen molar-refractivity contribution < 1.29 is 8.83 Å². The first kappa shape index (κ1) is 42.0. The summed E-state index contributed by atoms with van der Waals surface area (Å²) in [5.41, 5.74) is 19.2. The third kappa shape index (κ3) is 6.27. The Labute approximate surface area is 440 Å². The minimum absolute atomic E-state index is 0.866. The number of pyridine rings is 1. The second-order valence-electron chi connectivity index (χ2n) is 20.3. The van der Waals surface area contributed by atoms with E-state index in [1.807, 2.05) is 12.1 Å². The minimum atomic E-state index is 0.866. The normalized spacial score (nSPS) is 12.2. The van der Waals surface area contributed by atoms with Gasteiger partial charge < -0.3 is 18.0 Å². The Morgan fingerprint density at radius 1 is 0.234 bits per heavy atom. The maximum absolute atomic E-state index is 6.52. The Hall–Kier alpha value is -10.4. The van der Waals surface area contributed by atoms with Crippen molar-refractivity contribution in [1.82, 2.24) is 18.7 Å². The van der Waals surface area contributed by atoms with E-state index < -0.39 is 0 Å². The predicted molar refractivity (Wildman–Crippen MR) is 318 cm³/mol. The van der Waals surface area contributed by atoms with Crippen LogP contribution in [0.4, 0.5) is 0 Å². The number of benzene rings is 11. The minimum Gasteiger partial charge on any atom is -0.456 e. The van der Waals surface area contributed by atoms with E-state index in [2.05, 4.69) is 256 Å². The molecule has 0 spiro atoms. The molecule has 11 aromatic carbocycles. The van der Waals surface area contributed by atoms with E-state index in [1.54, 1.807) is 0 Å². The van der Waals surface area contributed by atoms with Crippen molar-refractivity contribution >= 4 is 109 Å². The van der Waals surface area contributed by atoms with E-state index in [1.165, 1.54) is 48.9 Å². The van der Waals surface area contributed by atoms with Gasteiger partial charge in [0.05, 0.1) is 38.8 Å². The summed E-state index contributed by atoms with van der Waals surface area (Å²) < 4.78 is 19.8. The molecule has 0 fully saturated rings. The molecule has 0 radical (unpaired) electrons. The number of rotatable bonds is 6. The second-order valence-corrected chi connectivity index (χ2v) is 20.3. The van der Waals surface area contributed by atoms with E-state index in [9.17, 15) is 0 Å². The van der Waals surface area contributed by atoms with Crippen molar-refractivity contribution in [3.8, 4) is 50.7 Å². The van der Waals surface area contributed by atoms with Gasteiger partial charge in [0.2, 0.25) is 0 Å². The first-order valence-electron chi connectivity index (χ1n) is 26.2. The third-order valence-electron chi connectivity index (χ3n) is 16.0. The first-order chi connectivity index (χ1) is 38.1. The molecule has 17 aromatic rings. The van der Waals surface area contributed by atoms with Gasteiger partial charge in [-0.25, -0.2) is 4.98 Å². The quantitative estimate of drug-likeness (QED) is 0.167. The van der Waals surface area contributed by atoms with Crippen molar-refractivity contribution in [3.05, 3.63) is 255 Å². The molecule has 358 valence electrons. The highest BCUT2D eigenvalue weighted by Crippen LogP contribution is 2.43. The Kier molecular flexibility index (Phi) is 8.74. The van der Waals surface area contributed by atoms with E-state index in [0.29, 0.717) is 0 Å². The van der Waals surface area contributed by atoms with E-state index in [4.69, 9.17) is 13.8 Å². The molecule has 0 unspecified atom stereocenters. The average Bonchev–Trinajstić information content (AvgIpc) is 4.41. The molecule has 17 rings (SSSR count). The molecule has 6 aromatic heterocycles. The van der Waals surface area contributed by atoms with E-state index in [0.717, 1.165) is 111 Å². The van der Waals surface area contributed by atoms with Crippen LogP contribution < -0.4 is 0 Å². The standard InChI is InChI=1S/C71H42N4O2/c1-2-15-48(16-3-1)73-61-23-8-4-18-50(61)54-37-44(28-32-64(54)73)46-30-34-70-59(39-46)58-38-45(29-33-69(58)77-70)43-14-12-17-49(36-43)74-62-24-9-5-19-51(62)55-42-66-56(41-65(55)74)52-20-6-10-25-63(52)75(66)71-27-13-22-60(72-71)47-31-35-68-57(40-47)53-21-7-11-26-67(53)76-68/h1-42H. The largest absolute Gasteiger partial charge is 0.456 e. The summed E-state index contributed by atoms with van der Waals surface area (Å²) >= 11 is 0. The summed E-state index contributed by atoms with van der Waals surface area (Å²) in [4.78, 5) is 5.39. The Morgan fingerprint density at radius 2 is 0.662 bits per heavy atom. The molecule has 0 bridgehead atoms. The number of nitrogens with zero attached hydrogens (tertiary/aromatic N) is 4. The third-order valence-corrected chi connectivity index (χ3v) is 16.0. The highest BCUT2D eigenvalue weighted by atomic mass is 16.3. The molecular weight excluding hydrogens is 941 g/mol. The fourth-order valence-corrected chi connectivity index (χ4v) is 12.5. The number of hydrogen-bond donors (Lipinski definition) is 0. The summed E-state index contributed by atoms with van der Waals surface area (Å²) in [6.07, 6.45) is 0. The molecule has 0 aliphatic heterocycles. The first-order valence-corrected chi connectivity index (χ1v) is 26.2. The monoisotopic (exact) mass is 982 g/mol. The molecule has 6 nitrogen and oxygen atoms in total. The van der Waals surface area contributed by atoms with Gasteiger partial charge in [0, 0.05) is 70.8 Å². The molecule has 0 amide bonds. The van der Waals surface area contributed by atoms with Crippen LogP contribution >= 0.6 is 0 Å². The van der Waals surface area contributed by atoms with Crippen molar-refractivity contribution in [2.24, 2.45) is 0 Å². The van der Waals surface area contributed by atoms with Gasteiger partial charge in [0.1, 0.15) is 28.1 Å². The predicted octanol–water partition coefficient (Wildman–Crippen LogP) is 19.2. The summed E-state index contributed by atoms with van der Waals surface area (Å²) in [6, 6.07) is 91.5. The molecule has 6 heterocycles. The highest BCUT2D eigenvalue weighted by Gasteiger charge is 2.21. The van der Waals surface area contributed by atoms with Crippen molar-refractivity contribution in [2.45, 2.75) is 0 Å². The number of furan rings is 2. The lowest BCUT2D eigenvalue weighted by Crippen LogP contribution is -1.98. The number of fused-ring (bicyclic) bond motifs is 15. The Balaban J connectivity index is 0.774. The number of hydrogen-bond acceptors (Lipinski definition) is 3. The van der Waals surface area contributed by atoms with Crippen LogP contribution in [0.2, 0.25) is 0 Å². The lowest BCUT2D eigenvalue weighted by Gasteiger charge is -2.11. The maximum Gasteiger partial charge on any atom is 0.138 e. The topological polar surface area (TPSA) is 54.0 Å². The van der Waals surface area contributed by atoms with Crippen LogP contribution in [0.1, 0.15) is 0 Å². The van der Waals surface area contributed by atoms with Crippen molar-refractivity contribution in [3.63, 3.8) is 0 Å². The average molecular weight is 983 g/mol. The van der Waals surface area contributed by atoms with Crippen LogP contribution in [0.25, 0.3) is 160 Å². The number of aromatic nitrogens is 4. The molecule has 77 heavy (non-hydrogen) atoms. The summed E-state index contributed by atoms with van der Waals surface area (Å²) in [5, 5.41) is 11.6. The van der Waals surface area contributed by atoms with Gasteiger partial charge in [0.15, 0.2) is 0 Å². The van der Waals surface area contributed by atoms with E-state index in [-0.39, 0.29) is 0 Å². The molecule has 0 aliphatic rings. The SMILES string of the molecule is c1ccc(-n2c3ccccc3c3cc(-c4ccc5oc6ccc(-c7cccc(-n8c9ccccc9c9cc%10c(cc98)c8ccccc8n%10-c8cccc(-c9ccc%10oc%11ccccc%11c%10c9)n8)c7)cc6c5c4)ccc32)cc1. The van der Waals surface area contributed by atoms with Crippen LogP contribution in [0.5, 0.6) is 0 Å². The molecule has 6 heteroatoms. The lowest BCUT2D eigenvalue weighted by molar-refractivity contribution is 0.668. The van der Waals surface area contributed by atoms with Gasteiger partial charge >= 0.3 is 0 Å². The summed E-state index contributed by atoms with van der Waals surface area (Å²) in [7, 11) is 0. The summed E-state index contributed by atoms with van der Waals surface area (Å²) in [6.45, 7) is 0. The fourth-order valence-electron chi connectivity index (χ4n) is 12.5. The van der Waals surface area contributed by atoms with E-state index >= 15 is 0 Å². The molecule has 0 saturated heterocycles. The van der Waals surface area contributed by atoms with Gasteiger partial charge in [-0.05, 0) is 150 Å². The van der Waals surface area contributed by atoms with Crippen molar-refractivity contribution in [2.75, 3.05) is 0 Å². The fraction of sp³-hybridized carbons (Fsp3) is 0.